The minimum absolute atomic E-state index is 0.128. The number of carbonyl (C=O) groups is 1. The molecule has 0 radical (unpaired) electrons. The summed E-state index contributed by atoms with van der Waals surface area (Å²) in [6.45, 7) is 6.37. The Labute approximate surface area is 200 Å². The topological polar surface area (TPSA) is 114 Å². The first-order chi connectivity index (χ1) is 16.3. The molecule has 1 aromatic carbocycles. The molecule has 0 unspecified atom stereocenters. The SMILES string of the molecule is CCNC(=O)Nc1ccc(-c2nc(N3CCOC[C@@H]3C)cc(C3(S(=O)(=O)C4CC4)CC3)n2)cc1. The van der Waals surface area contributed by atoms with Crippen LogP contribution in [0, 0.1) is 0 Å². The second-order valence-electron chi connectivity index (χ2n) is 9.35. The fourth-order valence-electron chi connectivity index (χ4n) is 4.55. The predicted octanol–water partition coefficient (Wildman–Crippen LogP) is 3.08. The van der Waals surface area contributed by atoms with E-state index in [-0.39, 0.29) is 17.3 Å². The Morgan fingerprint density at radius 3 is 2.56 bits per heavy atom. The fraction of sp³-hybridized carbons (Fsp3) is 0.542. The molecular formula is C24H31N5O4S. The van der Waals surface area contributed by atoms with E-state index >= 15 is 0 Å². The molecule has 2 heterocycles. The molecule has 34 heavy (non-hydrogen) atoms. The lowest BCUT2D eigenvalue weighted by atomic mass is 10.1. The molecule has 1 saturated heterocycles. The molecule has 3 fully saturated rings. The van der Waals surface area contributed by atoms with E-state index in [1.165, 1.54) is 0 Å². The Morgan fingerprint density at radius 1 is 1.21 bits per heavy atom. The zero-order valence-corrected chi connectivity index (χ0v) is 20.4. The molecular weight excluding hydrogens is 454 g/mol. The number of amides is 2. The van der Waals surface area contributed by atoms with Crippen molar-refractivity contribution < 1.29 is 17.9 Å². The average Bonchev–Trinajstić information content (AvgIpc) is 3.72. The number of nitrogens with zero attached hydrogens (tertiary/aromatic N) is 3. The van der Waals surface area contributed by atoms with E-state index in [4.69, 9.17) is 14.7 Å². The van der Waals surface area contributed by atoms with Gasteiger partial charge < -0.3 is 20.3 Å². The predicted molar refractivity (Wildman–Crippen MR) is 131 cm³/mol. The number of morpholine rings is 1. The number of hydrogen-bond acceptors (Lipinski definition) is 7. The molecule has 1 aromatic heterocycles. The minimum atomic E-state index is -3.28. The normalized spacial score (nSPS) is 21.7. The van der Waals surface area contributed by atoms with Crippen molar-refractivity contribution in [2.75, 3.05) is 36.5 Å². The van der Waals surface area contributed by atoms with E-state index in [0.717, 1.165) is 24.2 Å². The lowest BCUT2D eigenvalue weighted by Gasteiger charge is -2.34. The maximum absolute atomic E-state index is 13.3. The number of nitrogens with one attached hydrogen (secondary N) is 2. The number of urea groups is 1. The van der Waals surface area contributed by atoms with Gasteiger partial charge in [0.1, 0.15) is 10.6 Å². The van der Waals surface area contributed by atoms with Crippen LogP contribution in [0.15, 0.2) is 30.3 Å². The Kier molecular flexibility index (Phi) is 5.97. The fourth-order valence-corrected chi connectivity index (χ4v) is 7.01. The third-order valence-electron chi connectivity index (χ3n) is 6.79. The van der Waals surface area contributed by atoms with Crippen LogP contribution in [-0.4, -0.2) is 62.0 Å². The van der Waals surface area contributed by atoms with Gasteiger partial charge in [-0.25, -0.2) is 23.2 Å². The highest BCUT2D eigenvalue weighted by atomic mass is 32.2. The quantitative estimate of drug-likeness (QED) is 0.620. The van der Waals surface area contributed by atoms with Gasteiger partial charge in [0.15, 0.2) is 15.7 Å². The van der Waals surface area contributed by atoms with Crippen molar-refractivity contribution in [3.63, 3.8) is 0 Å². The number of carbonyl (C=O) groups excluding carboxylic acids is 1. The zero-order valence-electron chi connectivity index (χ0n) is 19.6. The van der Waals surface area contributed by atoms with Gasteiger partial charge in [0.05, 0.1) is 30.2 Å². The monoisotopic (exact) mass is 485 g/mol. The molecule has 2 aliphatic carbocycles. The van der Waals surface area contributed by atoms with Crippen LogP contribution in [0.5, 0.6) is 0 Å². The van der Waals surface area contributed by atoms with Crippen LogP contribution in [0.25, 0.3) is 11.4 Å². The lowest BCUT2D eigenvalue weighted by molar-refractivity contribution is 0.0985. The summed E-state index contributed by atoms with van der Waals surface area (Å²) in [5.74, 6) is 1.23. The summed E-state index contributed by atoms with van der Waals surface area (Å²) in [5.41, 5.74) is 2.02. The lowest BCUT2D eigenvalue weighted by Crippen LogP contribution is -2.44. The van der Waals surface area contributed by atoms with Gasteiger partial charge in [0, 0.05) is 30.4 Å². The molecule has 0 bridgehead atoms. The van der Waals surface area contributed by atoms with Crippen molar-refractivity contribution in [2.45, 2.75) is 55.6 Å². The summed E-state index contributed by atoms with van der Waals surface area (Å²) in [6, 6.07) is 9.03. The van der Waals surface area contributed by atoms with Crippen molar-refractivity contribution in [1.82, 2.24) is 15.3 Å². The summed E-state index contributed by atoms with van der Waals surface area (Å²) < 4.78 is 31.4. The number of benzene rings is 1. The molecule has 182 valence electrons. The summed E-state index contributed by atoms with van der Waals surface area (Å²) in [5, 5.41) is 5.25. The van der Waals surface area contributed by atoms with E-state index < -0.39 is 14.6 Å². The first-order valence-corrected chi connectivity index (χ1v) is 13.5. The van der Waals surface area contributed by atoms with Gasteiger partial charge in [-0.1, -0.05) is 0 Å². The zero-order chi connectivity index (χ0) is 23.9. The summed E-state index contributed by atoms with van der Waals surface area (Å²) in [6.07, 6.45) is 2.70. The smallest absolute Gasteiger partial charge is 0.319 e. The molecule has 10 heteroatoms. The average molecular weight is 486 g/mol. The van der Waals surface area contributed by atoms with E-state index in [2.05, 4.69) is 22.5 Å². The summed E-state index contributed by atoms with van der Waals surface area (Å²) >= 11 is 0. The van der Waals surface area contributed by atoms with Gasteiger partial charge in [-0.3, -0.25) is 0 Å². The second-order valence-corrected chi connectivity index (χ2v) is 11.9. The minimum Gasteiger partial charge on any atom is -0.377 e. The number of hydrogen-bond donors (Lipinski definition) is 2. The highest BCUT2D eigenvalue weighted by Gasteiger charge is 2.61. The van der Waals surface area contributed by atoms with E-state index in [9.17, 15) is 13.2 Å². The molecule has 1 aliphatic heterocycles. The maximum atomic E-state index is 13.3. The number of ether oxygens (including phenoxy) is 1. The molecule has 5 rings (SSSR count). The molecule has 9 nitrogen and oxygen atoms in total. The van der Waals surface area contributed by atoms with E-state index in [1.807, 2.05) is 25.1 Å². The first kappa shape index (κ1) is 23.0. The van der Waals surface area contributed by atoms with Crippen LogP contribution in [0.4, 0.5) is 16.3 Å². The van der Waals surface area contributed by atoms with Gasteiger partial charge in [0.2, 0.25) is 0 Å². The third kappa shape index (κ3) is 4.24. The Hall–Kier alpha value is -2.72. The largest absolute Gasteiger partial charge is 0.377 e. The number of rotatable bonds is 7. The molecule has 3 aliphatic rings. The van der Waals surface area contributed by atoms with Crippen LogP contribution in [0.2, 0.25) is 0 Å². The highest BCUT2D eigenvalue weighted by molar-refractivity contribution is 7.93. The van der Waals surface area contributed by atoms with Gasteiger partial charge in [-0.05, 0) is 63.8 Å². The molecule has 2 N–H and O–H groups in total. The molecule has 0 spiro atoms. The number of anilines is 2. The molecule has 2 saturated carbocycles. The van der Waals surface area contributed by atoms with Gasteiger partial charge in [-0.2, -0.15) is 0 Å². The number of sulfone groups is 1. The Morgan fingerprint density at radius 2 is 1.94 bits per heavy atom. The Bertz CT molecular complexity index is 1180. The van der Waals surface area contributed by atoms with Crippen molar-refractivity contribution in [3.05, 3.63) is 36.0 Å². The van der Waals surface area contributed by atoms with Crippen LogP contribution in [-0.2, 0) is 19.3 Å². The van der Waals surface area contributed by atoms with Crippen LogP contribution in [0.3, 0.4) is 0 Å². The van der Waals surface area contributed by atoms with Gasteiger partial charge in [-0.15, -0.1) is 0 Å². The number of aromatic nitrogens is 2. The maximum Gasteiger partial charge on any atom is 0.319 e. The Balaban J connectivity index is 1.52. The van der Waals surface area contributed by atoms with Crippen molar-refractivity contribution >= 4 is 27.4 Å². The standard InChI is InChI=1S/C24H31N5O4S/c1-3-25-23(30)26-18-6-4-17(5-7-18)22-27-20(24(10-11-24)34(31,32)19-8-9-19)14-21(28-22)29-12-13-33-15-16(29)2/h4-7,14,16,19H,3,8-13,15H2,1-2H3,(H2,25,26,30)/t16-/m0/s1. The van der Waals surface area contributed by atoms with Crippen molar-refractivity contribution in [1.29, 1.82) is 0 Å². The molecule has 1 atom stereocenters. The molecule has 2 aromatic rings. The summed E-state index contributed by atoms with van der Waals surface area (Å²) in [7, 11) is -3.28. The highest BCUT2D eigenvalue weighted by Crippen LogP contribution is 2.57. The van der Waals surface area contributed by atoms with Crippen molar-refractivity contribution in [2.24, 2.45) is 0 Å². The summed E-state index contributed by atoms with van der Waals surface area (Å²) in [4.78, 5) is 23.6. The van der Waals surface area contributed by atoms with E-state index in [1.54, 1.807) is 12.1 Å². The van der Waals surface area contributed by atoms with Gasteiger partial charge >= 0.3 is 6.03 Å². The van der Waals surface area contributed by atoms with Crippen LogP contribution < -0.4 is 15.5 Å². The van der Waals surface area contributed by atoms with Gasteiger partial charge in [0.25, 0.3) is 0 Å². The van der Waals surface area contributed by atoms with Crippen LogP contribution in [0.1, 0.15) is 45.2 Å². The molecule has 2 amide bonds. The first-order valence-electron chi connectivity index (χ1n) is 12.0. The van der Waals surface area contributed by atoms with Crippen LogP contribution >= 0.6 is 0 Å². The second kappa shape index (κ2) is 8.81. The van der Waals surface area contributed by atoms with Crippen molar-refractivity contribution in [3.8, 4) is 11.4 Å². The van der Waals surface area contributed by atoms with E-state index in [0.29, 0.717) is 56.4 Å². The third-order valence-corrected chi connectivity index (χ3v) is 9.85.